The number of hydrogen-bond acceptors (Lipinski definition) is 7. The maximum absolute atomic E-state index is 12.9. The zero-order valence-electron chi connectivity index (χ0n) is 18.9. The zero-order chi connectivity index (χ0) is 23.2. The number of urea groups is 1. The van der Waals surface area contributed by atoms with Crippen LogP contribution in [-0.2, 0) is 0 Å². The minimum absolute atomic E-state index is 0.0678. The quantitative estimate of drug-likeness (QED) is 0.252. The Kier molecular flexibility index (Phi) is 7.03. The van der Waals surface area contributed by atoms with Crippen molar-refractivity contribution in [2.24, 2.45) is 0 Å². The summed E-state index contributed by atoms with van der Waals surface area (Å²) in [4.78, 5) is 41.7. The van der Waals surface area contributed by atoms with Crippen LogP contribution < -0.4 is 20.9 Å². The van der Waals surface area contributed by atoms with E-state index in [9.17, 15) is 9.59 Å². The molecular formula is C21H30N10O2. The van der Waals surface area contributed by atoms with Crippen LogP contribution >= 0.6 is 0 Å². The summed E-state index contributed by atoms with van der Waals surface area (Å²) in [5.41, 5.74) is 1.54. The van der Waals surface area contributed by atoms with E-state index in [4.69, 9.17) is 0 Å². The van der Waals surface area contributed by atoms with Crippen molar-refractivity contribution in [3.05, 3.63) is 35.9 Å². The predicted molar refractivity (Wildman–Crippen MR) is 124 cm³/mol. The lowest BCUT2D eigenvalue weighted by Gasteiger charge is -2.31. The smallest absolute Gasteiger partial charge is 0.316 e. The molecule has 2 aromatic heterocycles. The number of anilines is 1. The minimum Gasteiger partial charge on any atom is -0.339 e. The molecule has 33 heavy (non-hydrogen) atoms. The number of likely N-dealkylation sites (N-methyl/N-ethyl adjacent to an activating group) is 1. The van der Waals surface area contributed by atoms with E-state index in [1.807, 2.05) is 36.1 Å². The Labute approximate surface area is 191 Å². The highest BCUT2D eigenvalue weighted by Gasteiger charge is 2.24. The van der Waals surface area contributed by atoms with Crippen molar-refractivity contribution < 1.29 is 9.59 Å². The third-order valence-electron chi connectivity index (χ3n) is 5.52. The van der Waals surface area contributed by atoms with Gasteiger partial charge in [0, 0.05) is 32.7 Å². The molecule has 176 valence electrons. The first-order valence-corrected chi connectivity index (χ1v) is 11.2. The summed E-state index contributed by atoms with van der Waals surface area (Å²) in [6, 6.07) is 7.10. The number of aromatic amines is 2. The second-order valence-corrected chi connectivity index (χ2v) is 8.07. The summed E-state index contributed by atoms with van der Waals surface area (Å²) in [5.74, 6) is 0.466. The van der Waals surface area contributed by atoms with E-state index < -0.39 is 18.1 Å². The lowest BCUT2D eigenvalue weighted by molar-refractivity contribution is 0.0919. The Morgan fingerprint density at radius 2 is 1.91 bits per heavy atom. The third kappa shape index (κ3) is 5.58. The SMILES string of the molecule is CCCCNC(=O)NC(NC(=O)c1nc(N2CCN(C)CC2)n[nH]1)c1nc2ccccc2[nH]1. The van der Waals surface area contributed by atoms with E-state index in [-0.39, 0.29) is 5.82 Å². The van der Waals surface area contributed by atoms with Gasteiger partial charge < -0.3 is 30.7 Å². The fourth-order valence-electron chi connectivity index (χ4n) is 3.54. The number of unbranched alkanes of at least 4 members (excludes halogenated alkanes) is 1. The van der Waals surface area contributed by atoms with Crippen molar-refractivity contribution in [3.8, 4) is 0 Å². The van der Waals surface area contributed by atoms with Gasteiger partial charge in [0.1, 0.15) is 0 Å². The Hall–Kier alpha value is -3.67. The molecule has 4 rings (SSSR count). The van der Waals surface area contributed by atoms with Crippen molar-refractivity contribution in [1.82, 2.24) is 46.0 Å². The molecule has 5 N–H and O–H groups in total. The first kappa shape index (κ1) is 22.5. The van der Waals surface area contributed by atoms with Gasteiger partial charge in [0.15, 0.2) is 12.0 Å². The number of imidazole rings is 1. The number of hydrogen-bond donors (Lipinski definition) is 5. The van der Waals surface area contributed by atoms with Crippen LogP contribution in [-0.4, -0.2) is 81.8 Å². The molecule has 1 fully saturated rings. The molecule has 0 spiro atoms. The van der Waals surface area contributed by atoms with Crippen LogP contribution in [0.5, 0.6) is 0 Å². The summed E-state index contributed by atoms with van der Waals surface area (Å²) in [5, 5.41) is 15.3. The molecule has 1 unspecified atom stereocenters. The van der Waals surface area contributed by atoms with E-state index in [1.165, 1.54) is 0 Å². The van der Waals surface area contributed by atoms with Gasteiger partial charge in [-0.1, -0.05) is 25.5 Å². The van der Waals surface area contributed by atoms with E-state index in [2.05, 4.69) is 53.0 Å². The van der Waals surface area contributed by atoms with Crippen LogP contribution in [0.15, 0.2) is 24.3 Å². The van der Waals surface area contributed by atoms with Gasteiger partial charge in [-0.05, 0) is 25.6 Å². The number of nitrogens with one attached hydrogen (secondary N) is 5. The van der Waals surface area contributed by atoms with Crippen molar-refractivity contribution in [1.29, 1.82) is 0 Å². The number of fused-ring (bicyclic) bond motifs is 1. The number of piperazine rings is 1. The largest absolute Gasteiger partial charge is 0.339 e. The Morgan fingerprint density at radius 3 is 2.67 bits per heavy atom. The van der Waals surface area contributed by atoms with E-state index >= 15 is 0 Å². The highest BCUT2D eigenvalue weighted by Crippen LogP contribution is 2.15. The first-order valence-electron chi connectivity index (χ1n) is 11.2. The number of para-hydroxylation sites is 2. The number of aromatic nitrogens is 5. The molecule has 3 aromatic rings. The van der Waals surface area contributed by atoms with Crippen LogP contribution in [0.2, 0.25) is 0 Å². The molecule has 1 atom stereocenters. The predicted octanol–water partition coefficient (Wildman–Crippen LogP) is 0.961. The van der Waals surface area contributed by atoms with Crippen LogP contribution in [0, 0.1) is 0 Å². The van der Waals surface area contributed by atoms with Crippen LogP contribution in [0.3, 0.4) is 0 Å². The van der Waals surface area contributed by atoms with Crippen molar-refractivity contribution in [3.63, 3.8) is 0 Å². The molecule has 0 radical (unpaired) electrons. The summed E-state index contributed by atoms with van der Waals surface area (Å²) in [7, 11) is 2.07. The molecule has 1 aliphatic heterocycles. The lowest BCUT2D eigenvalue weighted by Crippen LogP contribution is -2.46. The number of carbonyl (C=O) groups is 2. The summed E-state index contributed by atoms with van der Waals surface area (Å²) in [6.07, 6.45) is 0.941. The molecule has 12 nitrogen and oxygen atoms in total. The van der Waals surface area contributed by atoms with Crippen LogP contribution in [0.25, 0.3) is 11.0 Å². The Morgan fingerprint density at radius 1 is 1.12 bits per heavy atom. The topological polar surface area (TPSA) is 147 Å². The molecule has 0 aliphatic carbocycles. The van der Waals surface area contributed by atoms with Crippen molar-refractivity contribution >= 4 is 28.9 Å². The monoisotopic (exact) mass is 454 g/mol. The Bertz CT molecular complexity index is 1050. The lowest BCUT2D eigenvalue weighted by atomic mass is 10.3. The number of rotatable bonds is 8. The molecule has 1 aromatic carbocycles. The molecule has 3 amide bonds. The number of amides is 3. The summed E-state index contributed by atoms with van der Waals surface area (Å²) >= 11 is 0. The van der Waals surface area contributed by atoms with Gasteiger partial charge >= 0.3 is 6.03 Å². The molecule has 1 saturated heterocycles. The fraction of sp³-hybridized carbons (Fsp3) is 0.476. The van der Waals surface area contributed by atoms with Gasteiger partial charge in [0.05, 0.1) is 11.0 Å². The first-order chi connectivity index (χ1) is 16.0. The van der Waals surface area contributed by atoms with Crippen LogP contribution in [0.4, 0.5) is 10.7 Å². The minimum atomic E-state index is -0.885. The highest BCUT2D eigenvalue weighted by molar-refractivity contribution is 5.91. The van der Waals surface area contributed by atoms with E-state index in [0.717, 1.165) is 50.1 Å². The van der Waals surface area contributed by atoms with E-state index in [1.54, 1.807) is 0 Å². The van der Waals surface area contributed by atoms with Gasteiger partial charge in [0.2, 0.25) is 11.8 Å². The molecule has 1 aliphatic rings. The molecular weight excluding hydrogens is 424 g/mol. The maximum atomic E-state index is 12.9. The van der Waals surface area contributed by atoms with Gasteiger partial charge in [-0.2, -0.15) is 4.98 Å². The standard InChI is InChI=1S/C21H30N10O2/c1-3-4-9-22-21(33)27-17(16-23-14-7-5-6-8-15(14)24-16)25-19(32)18-26-20(29-28-18)31-12-10-30(2)11-13-31/h5-8,17H,3-4,9-13H2,1-2H3,(H,23,24)(H,25,32)(H2,22,27,33)(H,26,28,29). The van der Waals surface area contributed by atoms with Gasteiger partial charge in [-0.15, -0.1) is 5.10 Å². The molecule has 3 heterocycles. The molecule has 12 heteroatoms. The molecule has 0 bridgehead atoms. The number of H-pyrrole nitrogens is 2. The second kappa shape index (κ2) is 10.3. The summed E-state index contributed by atoms with van der Waals surface area (Å²) in [6.45, 7) is 5.97. The number of nitrogens with zero attached hydrogens (tertiary/aromatic N) is 5. The Balaban J connectivity index is 1.48. The van der Waals surface area contributed by atoms with Crippen LogP contribution in [0.1, 0.15) is 42.4 Å². The normalized spacial score (nSPS) is 15.4. The van der Waals surface area contributed by atoms with Crippen molar-refractivity contribution in [2.75, 3.05) is 44.7 Å². The highest BCUT2D eigenvalue weighted by atomic mass is 16.2. The fourth-order valence-corrected chi connectivity index (χ4v) is 3.54. The van der Waals surface area contributed by atoms with Crippen molar-refractivity contribution in [2.45, 2.75) is 25.9 Å². The average molecular weight is 455 g/mol. The van der Waals surface area contributed by atoms with Gasteiger partial charge in [-0.25, -0.2) is 9.78 Å². The number of benzene rings is 1. The number of carbonyl (C=O) groups excluding carboxylic acids is 2. The van der Waals surface area contributed by atoms with Gasteiger partial charge in [0.25, 0.3) is 5.91 Å². The molecule has 0 saturated carbocycles. The average Bonchev–Trinajstić information content (AvgIpc) is 3.47. The summed E-state index contributed by atoms with van der Waals surface area (Å²) < 4.78 is 0. The zero-order valence-corrected chi connectivity index (χ0v) is 18.9. The van der Waals surface area contributed by atoms with E-state index in [0.29, 0.717) is 18.3 Å². The second-order valence-electron chi connectivity index (χ2n) is 8.07. The third-order valence-corrected chi connectivity index (χ3v) is 5.52. The van der Waals surface area contributed by atoms with Gasteiger partial charge in [-0.3, -0.25) is 9.89 Å². The maximum Gasteiger partial charge on any atom is 0.316 e.